The van der Waals surface area contributed by atoms with Gasteiger partial charge >= 0.3 is 0 Å². The fourth-order valence-corrected chi connectivity index (χ4v) is 7.94. The Hall–Kier alpha value is -2.18. The minimum absolute atomic E-state index is 0.0648. The number of hydrogen-bond donors (Lipinski definition) is 1. The smallest absolute Gasteiger partial charge is 0.243 e. The Morgan fingerprint density at radius 3 is 2.16 bits per heavy atom. The summed E-state index contributed by atoms with van der Waals surface area (Å²) < 4.78 is 0. The largest absolute Gasteiger partial charge is 0.351 e. The van der Waals surface area contributed by atoms with Gasteiger partial charge in [0.25, 0.3) is 0 Å². The first-order chi connectivity index (χ1) is 15.6. The van der Waals surface area contributed by atoms with E-state index < -0.39 is 0 Å². The molecule has 1 N–H and O–H groups in total. The number of hydrogen-bond acceptors (Lipinski definition) is 5. The molecule has 1 unspecified atom stereocenters. The first-order valence-corrected chi connectivity index (χ1v) is 12.7. The maximum absolute atomic E-state index is 13.8. The van der Waals surface area contributed by atoms with E-state index in [9.17, 15) is 9.59 Å². The van der Waals surface area contributed by atoms with E-state index in [1.54, 1.807) is 12.4 Å². The minimum Gasteiger partial charge on any atom is -0.351 e. The van der Waals surface area contributed by atoms with Crippen molar-refractivity contribution >= 4 is 17.8 Å². The van der Waals surface area contributed by atoms with Gasteiger partial charge in [-0.1, -0.05) is 0 Å². The third-order valence-corrected chi connectivity index (χ3v) is 8.98. The van der Waals surface area contributed by atoms with Crippen molar-refractivity contribution in [2.75, 3.05) is 24.5 Å². The first-order valence-electron chi connectivity index (χ1n) is 12.7. The van der Waals surface area contributed by atoms with E-state index in [0.717, 1.165) is 88.3 Å². The van der Waals surface area contributed by atoms with Gasteiger partial charge in [-0.25, -0.2) is 9.97 Å². The topological polar surface area (TPSA) is 78.4 Å². The lowest BCUT2D eigenvalue weighted by atomic mass is 9.49. The fourth-order valence-electron chi connectivity index (χ4n) is 7.94. The zero-order chi connectivity index (χ0) is 21.7. The van der Waals surface area contributed by atoms with Gasteiger partial charge in [0.15, 0.2) is 0 Å². The third-order valence-electron chi connectivity index (χ3n) is 8.98. The Morgan fingerprint density at radius 2 is 1.53 bits per heavy atom. The highest BCUT2D eigenvalue weighted by Crippen LogP contribution is 2.60. The maximum atomic E-state index is 13.8. The van der Waals surface area contributed by atoms with Crippen molar-refractivity contribution in [2.24, 2.45) is 23.2 Å². The molecule has 6 fully saturated rings. The van der Waals surface area contributed by atoms with Gasteiger partial charge in [-0.3, -0.25) is 9.59 Å². The van der Waals surface area contributed by atoms with Crippen molar-refractivity contribution in [1.82, 2.24) is 20.2 Å². The van der Waals surface area contributed by atoms with Gasteiger partial charge in [0.2, 0.25) is 17.8 Å². The zero-order valence-corrected chi connectivity index (χ0v) is 18.9. The number of rotatable bonds is 4. The van der Waals surface area contributed by atoms with Gasteiger partial charge < -0.3 is 15.1 Å². The molecule has 2 saturated heterocycles. The molecule has 6 aliphatic rings. The van der Waals surface area contributed by atoms with Crippen molar-refractivity contribution in [1.29, 1.82) is 0 Å². The second kappa shape index (κ2) is 7.99. The molecular formula is C25H35N5O2. The molecule has 2 aliphatic heterocycles. The van der Waals surface area contributed by atoms with E-state index in [2.05, 4.69) is 20.2 Å². The van der Waals surface area contributed by atoms with E-state index in [-0.39, 0.29) is 23.4 Å². The minimum atomic E-state index is -0.272. The predicted molar refractivity (Wildman–Crippen MR) is 121 cm³/mol. The van der Waals surface area contributed by atoms with Crippen LogP contribution in [0.4, 0.5) is 5.95 Å². The molecule has 4 saturated carbocycles. The predicted octanol–water partition coefficient (Wildman–Crippen LogP) is 2.77. The van der Waals surface area contributed by atoms with Crippen molar-refractivity contribution in [3.05, 3.63) is 18.5 Å². The molecule has 4 aliphatic carbocycles. The Morgan fingerprint density at radius 1 is 0.906 bits per heavy atom. The highest BCUT2D eigenvalue weighted by atomic mass is 16.2. The molecular weight excluding hydrogens is 402 g/mol. The second-order valence-electron chi connectivity index (χ2n) is 11.2. The van der Waals surface area contributed by atoms with Crippen LogP contribution in [0.2, 0.25) is 0 Å². The number of nitrogens with zero attached hydrogens (tertiary/aromatic N) is 4. The summed E-state index contributed by atoms with van der Waals surface area (Å²) in [5.41, 5.74) is -0.154. The number of amides is 2. The second-order valence-corrected chi connectivity index (χ2v) is 11.2. The maximum Gasteiger partial charge on any atom is 0.243 e. The summed E-state index contributed by atoms with van der Waals surface area (Å²) in [5, 5.41) is 3.29. The summed E-state index contributed by atoms with van der Waals surface area (Å²) >= 11 is 0. The van der Waals surface area contributed by atoms with E-state index in [4.69, 9.17) is 0 Å². The summed E-state index contributed by atoms with van der Waals surface area (Å²) in [6, 6.07) is 1.72. The van der Waals surface area contributed by atoms with E-state index in [1.165, 1.54) is 19.3 Å². The van der Waals surface area contributed by atoms with Crippen LogP contribution < -0.4 is 10.2 Å². The van der Waals surface area contributed by atoms with Gasteiger partial charge in [-0.2, -0.15) is 0 Å². The third kappa shape index (κ3) is 3.57. The Bertz CT molecular complexity index is 831. The molecule has 1 aromatic rings. The van der Waals surface area contributed by atoms with Gasteiger partial charge in [-0.05, 0) is 88.0 Å². The normalized spacial score (nSPS) is 36.5. The van der Waals surface area contributed by atoms with Gasteiger partial charge in [-0.15, -0.1) is 0 Å². The number of carbonyl (C=O) groups is 2. The monoisotopic (exact) mass is 437 g/mol. The first kappa shape index (κ1) is 20.4. The van der Waals surface area contributed by atoms with Crippen LogP contribution in [0.3, 0.4) is 0 Å². The quantitative estimate of drug-likeness (QED) is 0.784. The molecule has 7 heteroatoms. The highest BCUT2D eigenvalue weighted by Gasteiger charge is 2.56. The van der Waals surface area contributed by atoms with Crippen LogP contribution in [0.1, 0.15) is 64.2 Å². The SMILES string of the molecule is O=C(NC1CCN(c2ncccn2)CC1)C1CCCN1C(=O)C12CC3CC(CC(C3)C1)C2. The molecule has 32 heavy (non-hydrogen) atoms. The zero-order valence-electron chi connectivity index (χ0n) is 18.9. The van der Waals surface area contributed by atoms with E-state index in [1.807, 2.05) is 11.0 Å². The number of anilines is 1. The highest BCUT2D eigenvalue weighted by molar-refractivity contribution is 5.91. The number of nitrogens with one attached hydrogen (secondary N) is 1. The van der Waals surface area contributed by atoms with E-state index >= 15 is 0 Å². The lowest BCUT2D eigenvalue weighted by molar-refractivity contribution is -0.160. The summed E-state index contributed by atoms with van der Waals surface area (Å²) in [5.74, 6) is 3.39. The number of piperidine rings is 1. The molecule has 0 radical (unpaired) electrons. The summed E-state index contributed by atoms with van der Waals surface area (Å²) in [4.78, 5) is 39.9. The van der Waals surface area contributed by atoms with Crippen molar-refractivity contribution in [3.63, 3.8) is 0 Å². The van der Waals surface area contributed by atoms with Crippen molar-refractivity contribution in [3.8, 4) is 0 Å². The van der Waals surface area contributed by atoms with Crippen molar-refractivity contribution < 1.29 is 9.59 Å². The molecule has 4 bridgehead atoms. The molecule has 3 heterocycles. The van der Waals surface area contributed by atoms with Crippen LogP contribution >= 0.6 is 0 Å². The van der Waals surface area contributed by atoms with Crippen LogP contribution in [0.15, 0.2) is 18.5 Å². The Balaban J connectivity index is 1.08. The van der Waals surface area contributed by atoms with Crippen LogP contribution in [0.5, 0.6) is 0 Å². The molecule has 1 aromatic heterocycles. The molecule has 2 amide bonds. The molecule has 0 spiro atoms. The average molecular weight is 438 g/mol. The summed E-state index contributed by atoms with van der Waals surface area (Å²) in [7, 11) is 0. The number of carbonyl (C=O) groups excluding carboxylic acids is 2. The van der Waals surface area contributed by atoms with Crippen LogP contribution in [0.25, 0.3) is 0 Å². The average Bonchev–Trinajstić information content (AvgIpc) is 3.29. The van der Waals surface area contributed by atoms with Crippen LogP contribution in [-0.2, 0) is 9.59 Å². The Labute approximate surface area is 190 Å². The van der Waals surface area contributed by atoms with Gasteiger partial charge in [0.1, 0.15) is 6.04 Å². The molecule has 172 valence electrons. The standard InChI is InChI=1S/C25H35N5O2/c31-22(28-20-4-9-29(10-5-20)24-26-6-2-7-27-24)21-3-1-8-30(21)23(32)25-14-17-11-18(15-25)13-19(12-17)16-25/h2,6-7,17-21H,1,3-5,8-16H2,(H,28,31). The van der Waals surface area contributed by atoms with Crippen molar-refractivity contribution in [2.45, 2.75) is 76.3 Å². The summed E-state index contributed by atoms with van der Waals surface area (Å²) in [6.07, 6.45) is 14.3. The molecule has 7 rings (SSSR count). The van der Waals surface area contributed by atoms with E-state index in [0.29, 0.717) is 5.91 Å². The van der Waals surface area contributed by atoms with Crippen LogP contribution in [0, 0.1) is 23.2 Å². The number of aromatic nitrogens is 2. The number of likely N-dealkylation sites (tertiary alicyclic amines) is 1. The Kier molecular flexibility index (Phi) is 5.10. The lowest BCUT2D eigenvalue weighted by Gasteiger charge is -2.56. The summed E-state index contributed by atoms with van der Waals surface area (Å²) in [6.45, 7) is 2.44. The lowest BCUT2D eigenvalue weighted by Crippen LogP contribution is -2.58. The molecule has 7 nitrogen and oxygen atoms in total. The van der Waals surface area contributed by atoms with Gasteiger partial charge in [0.05, 0.1) is 5.41 Å². The fraction of sp³-hybridized carbons (Fsp3) is 0.760. The van der Waals surface area contributed by atoms with Gasteiger partial charge in [0, 0.05) is 38.1 Å². The van der Waals surface area contributed by atoms with Crippen LogP contribution in [-0.4, -0.2) is 58.4 Å². The molecule has 0 aromatic carbocycles. The molecule has 1 atom stereocenters.